The molecule has 1 aromatic carbocycles. The van der Waals surface area contributed by atoms with Crippen molar-refractivity contribution in [3.05, 3.63) is 70.4 Å². The standard InChI is InChI=1S/C16H17NOS/c1-3-10-17(12-15-5-4-11-19-15)16(18)14-8-6-13(2)7-9-14/h3-9,11H,1,10,12H2,2H3. The molecule has 0 saturated carbocycles. The highest BCUT2D eigenvalue weighted by Crippen LogP contribution is 2.15. The molecule has 0 spiro atoms. The molecular weight excluding hydrogens is 254 g/mol. The van der Waals surface area contributed by atoms with E-state index in [1.165, 1.54) is 4.88 Å². The van der Waals surface area contributed by atoms with Gasteiger partial charge in [0.05, 0.1) is 6.54 Å². The van der Waals surface area contributed by atoms with Gasteiger partial charge in [0.25, 0.3) is 5.91 Å². The van der Waals surface area contributed by atoms with Crippen molar-refractivity contribution in [2.24, 2.45) is 0 Å². The van der Waals surface area contributed by atoms with Gasteiger partial charge in [0.1, 0.15) is 0 Å². The molecule has 0 aliphatic rings. The number of aryl methyl sites for hydroxylation is 1. The Labute approximate surface area is 118 Å². The van der Waals surface area contributed by atoms with Crippen LogP contribution >= 0.6 is 11.3 Å². The number of amides is 1. The van der Waals surface area contributed by atoms with Gasteiger partial charge in [-0.15, -0.1) is 17.9 Å². The van der Waals surface area contributed by atoms with Crippen LogP contribution < -0.4 is 0 Å². The average molecular weight is 271 g/mol. The first-order chi connectivity index (χ1) is 9.20. The highest BCUT2D eigenvalue weighted by molar-refractivity contribution is 7.09. The Morgan fingerprint density at radius 1 is 1.32 bits per heavy atom. The van der Waals surface area contributed by atoms with E-state index >= 15 is 0 Å². The molecule has 0 bridgehead atoms. The lowest BCUT2D eigenvalue weighted by Crippen LogP contribution is -2.30. The van der Waals surface area contributed by atoms with Crippen molar-refractivity contribution in [2.75, 3.05) is 6.54 Å². The molecule has 98 valence electrons. The zero-order chi connectivity index (χ0) is 13.7. The molecule has 1 amide bonds. The summed E-state index contributed by atoms with van der Waals surface area (Å²) in [6.45, 7) is 6.94. The summed E-state index contributed by atoms with van der Waals surface area (Å²) in [7, 11) is 0. The average Bonchev–Trinajstić information content (AvgIpc) is 2.91. The van der Waals surface area contributed by atoms with Crippen molar-refractivity contribution in [3.8, 4) is 0 Å². The van der Waals surface area contributed by atoms with E-state index in [0.29, 0.717) is 13.1 Å². The lowest BCUT2D eigenvalue weighted by atomic mass is 10.1. The van der Waals surface area contributed by atoms with Crippen LogP contribution in [0.5, 0.6) is 0 Å². The molecule has 0 radical (unpaired) electrons. The minimum absolute atomic E-state index is 0.0494. The van der Waals surface area contributed by atoms with Crippen LogP contribution in [0, 0.1) is 6.92 Å². The molecule has 19 heavy (non-hydrogen) atoms. The van der Waals surface area contributed by atoms with Gasteiger partial charge in [-0.25, -0.2) is 0 Å². The summed E-state index contributed by atoms with van der Waals surface area (Å²) in [6.07, 6.45) is 1.76. The predicted octanol–water partition coefficient (Wildman–Crippen LogP) is 3.88. The smallest absolute Gasteiger partial charge is 0.254 e. The zero-order valence-corrected chi connectivity index (χ0v) is 11.8. The highest BCUT2D eigenvalue weighted by atomic mass is 32.1. The van der Waals surface area contributed by atoms with Gasteiger partial charge >= 0.3 is 0 Å². The summed E-state index contributed by atoms with van der Waals surface area (Å²) in [5.41, 5.74) is 1.88. The van der Waals surface area contributed by atoms with E-state index in [2.05, 4.69) is 6.58 Å². The molecular formula is C16H17NOS. The quantitative estimate of drug-likeness (QED) is 0.756. The van der Waals surface area contributed by atoms with Crippen LogP contribution in [0.25, 0.3) is 0 Å². The number of hydrogen-bond acceptors (Lipinski definition) is 2. The van der Waals surface area contributed by atoms with E-state index < -0.39 is 0 Å². The SMILES string of the molecule is C=CCN(Cc1cccs1)C(=O)c1ccc(C)cc1. The number of carbonyl (C=O) groups is 1. The first kappa shape index (κ1) is 13.6. The predicted molar refractivity (Wildman–Crippen MR) is 80.4 cm³/mol. The minimum Gasteiger partial charge on any atom is -0.330 e. The molecule has 0 atom stereocenters. The molecule has 1 heterocycles. The van der Waals surface area contributed by atoms with Gasteiger partial charge in [-0.1, -0.05) is 29.8 Å². The number of rotatable bonds is 5. The number of benzene rings is 1. The lowest BCUT2D eigenvalue weighted by Gasteiger charge is -2.20. The summed E-state index contributed by atoms with van der Waals surface area (Å²) in [5.74, 6) is 0.0494. The molecule has 0 saturated heterocycles. The third-order valence-electron chi connectivity index (χ3n) is 2.86. The number of nitrogens with zero attached hydrogens (tertiary/aromatic N) is 1. The molecule has 0 aliphatic heterocycles. The molecule has 1 aromatic heterocycles. The van der Waals surface area contributed by atoms with Gasteiger partial charge in [0, 0.05) is 17.0 Å². The van der Waals surface area contributed by atoms with E-state index in [-0.39, 0.29) is 5.91 Å². The third-order valence-corrected chi connectivity index (χ3v) is 3.72. The van der Waals surface area contributed by atoms with Crippen LogP contribution in [0.2, 0.25) is 0 Å². The summed E-state index contributed by atoms with van der Waals surface area (Å²) in [4.78, 5) is 15.4. The molecule has 3 heteroatoms. The van der Waals surface area contributed by atoms with Gasteiger partial charge in [-0.2, -0.15) is 0 Å². The van der Waals surface area contributed by atoms with Crippen molar-refractivity contribution >= 4 is 17.2 Å². The van der Waals surface area contributed by atoms with Gasteiger partial charge in [-0.05, 0) is 30.5 Å². The Kier molecular flexibility index (Phi) is 4.53. The Morgan fingerprint density at radius 2 is 2.05 bits per heavy atom. The van der Waals surface area contributed by atoms with E-state index in [0.717, 1.165) is 11.1 Å². The number of thiophene rings is 1. The topological polar surface area (TPSA) is 20.3 Å². The summed E-state index contributed by atoms with van der Waals surface area (Å²) < 4.78 is 0. The van der Waals surface area contributed by atoms with Gasteiger partial charge in [0.2, 0.25) is 0 Å². The molecule has 2 aromatic rings. The third kappa shape index (κ3) is 3.55. The summed E-state index contributed by atoms with van der Waals surface area (Å²) in [5, 5.41) is 2.03. The monoisotopic (exact) mass is 271 g/mol. The maximum Gasteiger partial charge on any atom is 0.254 e. The fraction of sp³-hybridized carbons (Fsp3) is 0.188. The second kappa shape index (κ2) is 6.34. The molecule has 0 fully saturated rings. The van der Waals surface area contributed by atoms with E-state index in [1.54, 1.807) is 17.4 Å². The van der Waals surface area contributed by atoms with Crippen LogP contribution in [0.4, 0.5) is 0 Å². The molecule has 0 aliphatic carbocycles. The lowest BCUT2D eigenvalue weighted by molar-refractivity contribution is 0.0764. The van der Waals surface area contributed by atoms with E-state index in [1.807, 2.05) is 53.6 Å². The van der Waals surface area contributed by atoms with Crippen molar-refractivity contribution in [2.45, 2.75) is 13.5 Å². The Balaban J connectivity index is 2.16. The Bertz CT molecular complexity index is 543. The minimum atomic E-state index is 0.0494. The molecule has 2 nitrogen and oxygen atoms in total. The van der Waals surface area contributed by atoms with Crippen LogP contribution in [0.3, 0.4) is 0 Å². The highest BCUT2D eigenvalue weighted by Gasteiger charge is 2.15. The maximum absolute atomic E-state index is 12.5. The second-order valence-corrected chi connectivity index (χ2v) is 5.45. The van der Waals surface area contributed by atoms with E-state index in [9.17, 15) is 4.79 Å². The van der Waals surface area contributed by atoms with Crippen LogP contribution in [-0.2, 0) is 6.54 Å². The zero-order valence-electron chi connectivity index (χ0n) is 11.0. The Hall–Kier alpha value is -1.87. The largest absolute Gasteiger partial charge is 0.330 e. The Morgan fingerprint density at radius 3 is 2.63 bits per heavy atom. The van der Waals surface area contributed by atoms with Crippen molar-refractivity contribution in [1.82, 2.24) is 4.90 Å². The van der Waals surface area contributed by atoms with Crippen LogP contribution in [-0.4, -0.2) is 17.4 Å². The van der Waals surface area contributed by atoms with Crippen LogP contribution in [0.15, 0.2) is 54.4 Å². The van der Waals surface area contributed by atoms with Gasteiger partial charge in [-0.3, -0.25) is 4.79 Å². The van der Waals surface area contributed by atoms with Crippen molar-refractivity contribution in [1.29, 1.82) is 0 Å². The van der Waals surface area contributed by atoms with Crippen molar-refractivity contribution < 1.29 is 4.79 Å². The van der Waals surface area contributed by atoms with E-state index in [4.69, 9.17) is 0 Å². The summed E-state index contributed by atoms with van der Waals surface area (Å²) in [6, 6.07) is 11.7. The first-order valence-corrected chi connectivity index (χ1v) is 7.08. The first-order valence-electron chi connectivity index (χ1n) is 6.20. The molecule has 0 N–H and O–H groups in total. The summed E-state index contributed by atoms with van der Waals surface area (Å²) >= 11 is 1.66. The molecule has 2 rings (SSSR count). The van der Waals surface area contributed by atoms with Crippen LogP contribution in [0.1, 0.15) is 20.8 Å². The van der Waals surface area contributed by atoms with Gasteiger partial charge < -0.3 is 4.90 Å². The molecule has 0 unspecified atom stereocenters. The normalized spacial score (nSPS) is 10.2. The number of hydrogen-bond donors (Lipinski definition) is 0. The number of carbonyl (C=O) groups excluding carboxylic acids is 1. The van der Waals surface area contributed by atoms with Gasteiger partial charge in [0.15, 0.2) is 0 Å². The second-order valence-electron chi connectivity index (χ2n) is 4.42. The maximum atomic E-state index is 12.5. The van der Waals surface area contributed by atoms with Crippen molar-refractivity contribution in [3.63, 3.8) is 0 Å². The fourth-order valence-electron chi connectivity index (χ4n) is 1.84. The fourth-order valence-corrected chi connectivity index (χ4v) is 2.56.